The summed E-state index contributed by atoms with van der Waals surface area (Å²) < 4.78 is 40.9. The Morgan fingerprint density at radius 1 is 1.29 bits per heavy atom. The number of fused-ring (bicyclic) bond motifs is 2. The van der Waals surface area contributed by atoms with Crippen molar-refractivity contribution in [3.8, 4) is 0 Å². The molecule has 0 aliphatic carbocycles. The maximum Gasteiger partial charge on any atom is 0.243 e. The summed E-state index contributed by atoms with van der Waals surface area (Å²) in [6.07, 6.45) is 2.97. The third-order valence-corrected chi connectivity index (χ3v) is 6.94. The van der Waals surface area contributed by atoms with E-state index in [-0.39, 0.29) is 15.4 Å². The largest absolute Gasteiger partial charge is 0.310 e. The van der Waals surface area contributed by atoms with Crippen LogP contribution in [0.5, 0.6) is 0 Å². The summed E-state index contributed by atoms with van der Waals surface area (Å²) in [6.45, 7) is 2.64. The van der Waals surface area contributed by atoms with Crippen LogP contribution in [0, 0.1) is 12.7 Å². The number of hydrogen-bond acceptors (Lipinski definition) is 3. The summed E-state index contributed by atoms with van der Waals surface area (Å²) >= 11 is 3.07. The third-order valence-electron chi connectivity index (χ3n) is 4.32. The van der Waals surface area contributed by atoms with Gasteiger partial charge in [-0.1, -0.05) is 0 Å². The first-order chi connectivity index (χ1) is 9.88. The highest BCUT2D eigenvalue weighted by molar-refractivity contribution is 9.10. The van der Waals surface area contributed by atoms with Crippen LogP contribution in [0.3, 0.4) is 0 Å². The molecular weight excluding hydrogens is 359 g/mol. The van der Waals surface area contributed by atoms with Gasteiger partial charge in [-0.25, -0.2) is 12.8 Å². The van der Waals surface area contributed by atoms with Crippen molar-refractivity contribution in [2.75, 3.05) is 13.1 Å². The number of sulfonamides is 1. The van der Waals surface area contributed by atoms with Crippen LogP contribution in [0.4, 0.5) is 4.39 Å². The van der Waals surface area contributed by atoms with Crippen LogP contribution < -0.4 is 5.32 Å². The van der Waals surface area contributed by atoms with Crippen molar-refractivity contribution in [1.29, 1.82) is 0 Å². The second kappa shape index (κ2) is 5.61. The predicted octanol–water partition coefficient (Wildman–Crippen LogP) is 2.41. The number of benzene rings is 1. The molecule has 0 spiro atoms. The molecule has 3 rings (SSSR count). The Labute approximate surface area is 132 Å². The van der Waals surface area contributed by atoms with Crippen molar-refractivity contribution in [2.45, 2.75) is 43.2 Å². The van der Waals surface area contributed by atoms with E-state index < -0.39 is 15.8 Å². The van der Waals surface area contributed by atoms with Gasteiger partial charge in [0.15, 0.2) is 0 Å². The fourth-order valence-electron chi connectivity index (χ4n) is 3.17. The monoisotopic (exact) mass is 376 g/mol. The first-order valence-corrected chi connectivity index (χ1v) is 9.33. The maximum absolute atomic E-state index is 13.5. The van der Waals surface area contributed by atoms with Gasteiger partial charge in [0.1, 0.15) is 5.82 Å². The Hall–Kier alpha value is -0.500. The molecule has 116 valence electrons. The molecule has 0 aromatic heterocycles. The molecule has 2 aliphatic rings. The summed E-state index contributed by atoms with van der Waals surface area (Å²) in [4.78, 5) is 0.188. The number of halogens is 2. The molecule has 4 nitrogen and oxygen atoms in total. The molecule has 0 saturated carbocycles. The van der Waals surface area contributed by atoms with Crippen molar-refractivity contribution < 1.29 is 12.8 Å². The van der Waals surface area contributed by atoms with Gasteiger partial charge in [-0.3, -0.25) is 0 Å². The second-order valence-corrected chi connectivity index (χ2v) is 8.58. The van der Waals surface area contributed by atoms with E-state index in [0.717, 1.165) is 19.3 Å². The summed E-state index contributed by atoms with van der Waals surface area (Å²) in [6, 6.07) is 3.29. The van der Waals surface area contributed by atoms with Crippen LogP contribution in [-0.2, 0) is 10.0 Å². The Morgan fingerprint density at radius 2 is 2.00 bits per heavy atom. The second-order valence-electron chi connectivity index (χ2n) is 5.82. The highest BCUT2D eigenvalue weighted by Crippen LogP contribution is 2.29. The number of aryl methyl sites for hydroxylation is 1. The molecule has 1 aromatic rings. The van der Waals surface area contributed by atoms with E-state index in [0.29, 0.717) is 24.7 Å². The SMILES string of the molecule is Cc1cc(F)c(Br)cc1S(=O)(=O)N1CCC2CCC(C1)N2. The van der Waals surface area contributed by atoms with E-state index in [1.54, 1.807) is 6.92 Å². The van der Waals surface area contributed by atoms with E-state index >= 15 is 0 Å². The average Bonchev–Trinajstić information content (AvgIpc) is 2.72. The summed E-state index contributed by atoms with van der Waals surface area (Å²) in [5, 5.41) is 3.47. The molecule has 1 N–H and O–H groups in total. The van der Waals surface area contributed by atoms with Gasteiger partial charge in [-0.2, -0.15) is 4.31 Å². The summed E-state index contributed by atoms with van der Waals surface area (Å²) in [5.74, 6) is -0.442. The molecule has 2 fully saturated rings. The first-order valence-electron chi connectivity index (χ1n) is 7.10. The molecule has 2 unspecified atom stereocenters. The van der Waals surface area contributed by atoms with E-state index in [1.807, 2.05) is 0 Å². The lowest BCUT2D eigenvalue weighted by Crippen LogP contribution is -2.39. The molecule has 7 heteroatoms. The molecule has 2 bridgehead atoms. The van der Waals surface area contributed by atoms with Gasteiger partial charge in [0.25, 0.3) is 0 Å². The smallest absolute Gasteiger partial charge is 0.243 e. The van der Waals surface area contributed by atoms with Gasteiger partial charge in [-0.05, 0) is 59.8 Å². The first kappa shape index (κ1) is 15.4. The van der Waals surface area contributed by atoms with Crippen molar-refractivity contribution in [2.24, 2.45) is 0 Å². The standard InChI is InChI=1S/C14H18BrFN2O2S/c1-9-6-13(16)12(15)7-14(9)21(19,20)18-5-4-10-2-3-11(8-18)17-10/h6-7,10-11,17H,2-5,8H2,1H3. The van der Waals surface area contributed by atoms with Gasteiger partial charge < -0.3 is 5.32 Å². The van der Waals surface area contributed by atoms with Crippen molar-refractivity contribution in [3.05, 3.63) is 28.0 Å². The Kier molecular flexibility index (Phi) is 4.11. The minimum atomic E-state index is -3.58. The maximum atomic E-state index is 13.5. The van der Waals surface area contributed by atoms with Gasteiger partial charge >= 0.3 is 0 Å². The van der Waals surface area contributed by atoms with Gasteiger partial charge in [0.05, 0.1) is 9.37 Å². The zero-order valence-electron chi connectivity index (χ0n) is 11.8. The van der Waals surface area contributed by atoms with E-state index in [1.165, 1.54) is 16.4 Å². The Morgan fingerprint density at radius 3 is 2.76 bits per heavy atom. The van der Waals surface area contributed by atoms with Crippen LogP contribution in [0.1, 0.15) is 24.8 Å². The van der Waals surface area contributed by atoms with Gasteiger partial charge in [-0.15, -0.1) is 0 Å². The van der Waals surface area contributed by atoms with Crippen molar-refractivity contribution in [3.63, 3.8) is 0 Å². The minimum absolute atomic E-state index is 0.182. The minimum Gasteiger partial charge on any atom is -0.310 e. The molecule has 1 aromatic carbocycles. The van der Waals surface area contributed by atoms with E-state index in [2.05, 4.69) is 21.2 Å². The molecule has 0 amide bonds. The van der Waals surface area contributed by atoms with Crippen LogP contribution in [0.15, 0.2) is 21.5 Å². The Bertz CT molecular complexity index is 665. The van der Waals surface area contributed by atoms with Crippen LogP contribution in [-0.4, -0.2) is 37.9 Å². The van der Waals surface area contributed by atoms with E-state index in [9.17, 15) is 12.8 Å². The predicted molar refractivity (Wildman–Crippen MR) is 82.2 cm³/mol. The van der Waals surface area contributed by atoms with Crippen LogP contribution in [0.25, 0.3) is 0 Å². The Balaban J connectivity index is 1.95. The zero-order valence-corrected chi connectivity index (χ0v) is 14.2. The topological polar surface area (TPSA) is 49.4 Å². The normalized spacial score (nSPS) is 26.8. The lowest BCUT2D eigenvalue weighted by molar-refractivity contribution is 0.383. The number of hydrogen-bond donors (Lipinski definition) is 1. The summed E-state index contributed by atoms with van der Waals surface area (Å²) in [5.41, 5.74) is 0.443. The lowest BCUT2D eigenvalue weighted by Gasteiger charge is -2.24. The van der Waals surface area contributed by atoms with Crippen LogP contribution >= 0.6 is 15.9 Å². The lowest BCUT2D eigenvalue weighted by atomic mass is 10.1. The highest BCUT2D eigenvalue weighted by atomic mass is 79.9. The number of nitrogens with one attached hydrogen (secondary N) is 1. The molecular formula is C14H18BrFN2O2S. The van der Waals surface area contributed by atoms with Crippen molar-refractivity contribution >= 4 is 26.0 Å². The number of nitrogens with zero attached hydrogens (tertiary/aromatic N) is 1. The molecule has 21 heavy (non-hydrogen) atoms. The van der Waals surface area contributed by atoms with Crippen molar-refractivity contribution in [1.82, 2.24) is 9.62 Å². The van der Waals surface area contributed by atoms with Gasteiger partial charge in [0, 0.05) is 25.2 Å². The van der Waals surface area contributed by atoms with Crippen LogP contribution in [0.2, 0.25) is 0 Å². The van der Waals surface area contributed by atoms with Gasteiger partial charge in [0.2, 0.25) is 10.0 Å². The third kappa shape index (κ3) is 2.88. The molecule has 0 radical (unpaired) electrons. The molecule has 2 aliphatic heterocycles. The average molecular weight is 377 g/mol. The fourth-order valence-corrected chi connectivity index (χ4v) is 5.40. The highest BCUT2D eigenvalue weighted by Gasteiger charge is 2.35. The fraction of sp³-hybridized carbons (Fsp3) is 0.571. The zero-order chi connectivity index (χ0) is 15.2. The molecule has 2 atom stereocenters. The molecule has 2 saturated heterocycles. The van der Waals surface area contributed by atoms with E-state index in [4.69, 9.17) is 0 Å². The quantitative estimate of drug-likeness (QED) is 0.861. The summed E-state index contributed by atoms with van der Waals surface area (Å²) in [7, 11) is -3.58. The number of rotatable bonds is 2. The molecule has 2 heterocycles.